The molecule has 0 bridgehead atoms. The largest absolute Gasteiger partial charge is 0.490 e. The van der Waals surface area contributed by atoms with Crippen molar-refractivity contribution in [3.8, 4) is 5.75 Å². The maximum Gasteiger partial charge on any atom is 0.251 e. The predicted molar refractivity (Wildman–Crippen MR) is 104 cm³/mol. The second-order valence-corrected chi connectivity index (χ2v) is 5.46. The topological polar surface area (TPSA) is 79.5 Å². The highest BCUT2D eigenvalue weighted by molar-refractivity contribution is 5.96. The number of hydrogen-bond acceptors (Lipinski definition) is 4. The number of rotatable bonds is 9. The van der Waals surface area contributed by atoms with Gasteiger partial charge in [0, 0.05) is 23.5 Å². The number of carbonyl (C=O) groups is 2. The molecule has 6 heteroatoms. The molecule has 26 heavy (non-hydrogen) atoms. The molecule has 0 aliphatic rings. The number of anilines is 2. The number of ether oxygens (including phenoxy) is 1. The highest BCUT2D eigenvalue weighted by Crippen LogP contribution is 2.15. The fourth-order valence-corrected chi connectivity index (χ4v) is 2.18. The molecule has 0 fully saturated rings. The lowest BCUT2D eigenvalue weighted by Crippen LogP contribution is -2.23. The molecule has 0 heterocycles. The quantitative estimate of drug-likeness (QED) is 0.606. The van der Waals surface area contributed by atoms with E-state index in [1.165, 1.54) is 0 Å². The maximum absolute atomic E-state index is 12.0. The average molecular weight is 353 g/mol. The molecule has 2 amide bonds. The second-order valence-electron chi connectivity index (χ2n) is 5.46. The van der Waals surface area contributed by atoms with E-state index in [4.69, 9.17) is 4.74 Å². The van der Waals surface area contributed by atoms with Gasteiger partial charge < -0.3 is 20.7 Å². The van der Waals surface area contributed by atoms with Gasteiger partial charge in [-0.05, 0) is 55.5 Å². The maximum atomic E-state index is 12.0. The fourth-order valence-electron chi connectivity index (χ4n) is 2.18. The third-order valence-electron chi connectivity index (χ3n) is 3.44. The number of nitrogens with one attached hydrogen (secondary N) is 3. The third kappa shape index (κ3) is 5.98. The third-order valence-corrected chi connectivity index (χ3v) is 3.44. The number of hydrogen-bond donors (Lipinski definition) is 3. The first kappa shape index (κ1) is 19.1. The summed E-state index contributed by atoms with van der Waals surface area (Å²) in [7, 11) is 0. The predicted octanol–water partition coefficient (Wildman–Crippen LogP) is 3.05. The van der Waals surface area contributed by atoms with E-state index in [0.717, 1.165) is 11.4 Å². The normalized spacial score (nSPS) is 9.88. The number of carbonyl (C=O) groups excluding carboxylic acids is 2. The summed E-state index contributed by atoms with van der Waals surface area (Å²) in [4.78, 5) is 23.7. The first-order valence-electron chi connectivity index (χ1n) is 8.38. The Morgan fingerprint density at radius 2 is 1.69 bits per heavy atom. The Bertz CT molecular complexity index is 740. The minimum Gasteiger partial charge on any atom is -0.490 e. The van der Waals surface area contributed by atoms with Crippen LogP contribution in [0, 0.1) is 0 Å². The average Bonchev–Trinajstić information content (AvgIpc) is 2.66. The molecule has 0 spiro atoms. The molecule has 0 saturated heterocycles. The van der Waals surface area contributed by atoms with Crippen molar-refractivity contribution in [3.63, 3.8) is 0 Å². The van der Waals surface area contributed by atoms with Gasteiger partial charge in [0.2, 0.25) is 5.91 Å². The second kappa shape index (κ2) is 9.88. The summed E-state index contributed by atoms with van der Waals surface area (Å²) in [6, 6.07) is 14.1. The van der Waals surface area contributed by atoms with Gasteiger partial charge in [-0.25, -0.2) is 0 Å². The van der Waals surface area contributed by atoms with Crippen molar-refractivity contribution in [2.45, 2.75) is 6.92 Å². The molecule has 0 aliphatic carbocycles. The smallest absolute Gasteiger partial charge is 0.251 e. The molecule has 0 saturated carbocycles. The first-order valence-corrected chi connectivity index (χ1v) is 8.38. The van der Waals surface area contributed by atoms with Crippen molar-refractivity contribution >= 4 is 23.2 Å². The molecule has 3 N–H and O–H groups in total. The van der Waals surface area contributed by atoms with Crippen LogP contribution in [0.15, 0.2) is 61.2 Å². The van der Waals surface area contributed by atoms with E-state index in [1.54, 1.807) is 30.3 Å². The zero-order valence-corrected chi connectivity index (χ0v) is 14.7. The summed E-state index contributed by atoms with van der Waals surface area (Å²) in [5, 5.41) is 8.55. The van der Waals surface area contributed by atoms with Crippen molar-refractivity contribution in [1.82, 2.24) is 5.32 Å². The molecule has 2 aromatic carbocycles. The van der Waals surface area contributed by atoms with Crippen LogP contribution >= 0.6 is 0 Å². The number of amides is 2. The Labute approximate surface area is 153 Å². The van der Waals surface area contributed by atoms with Gasteiger partial charge in [0.15, 0.2) is 0 Å². The van der Waals surface area contributed by atoms with Crippen LogP contribution in [0.25, 0.3) is 0 Å². The SMILES string of the molecule is C=CCOc1ccc(NCC(=O)Nc2ccc(C(=O)NCC)cc2)cc1. The molecule has 2 rings (SSSR count). The van der Waals surface area contributed by atoms with Crippen molar-refractivity contribution in [2.24, 2.45) is 0 Å². The zero-order valence-electron chi connectivity index (χ0n) is 14.7. The number of benzene rings is 2. The summed E-state index contributed by atoms with van der Waals surface area (Å²) < 4.78 is 5.40. The van der Waals surface area contributed by atoms with Crippen molar-refractivity contribution in [2.75, 3.05) is 30.3 Å². The molecular weight excluding hydrogens is 330 g/mol. The van der Waals surface area contributed by atoms with Crippen LogP contribution in [0.4, 0.5) is 11.4 Å². The molecule has 2 aromatic rings. The lowest BCUT2D eigenvalue weighted by molar-refractivity contribution is -0.114. The van der Waals surface area contributed by atoms with E-state index in [9.17, 15) is 9.59 Å². The Kier molecular flexibility index (Phi) is 7.24. The first-order chi connectivity index (χ1) is 12.6. The Balaban J connectivity index is 1.81. The molecule has 0 aromatic heterocycles. The summed E-state index contributed by atoms with van der Waals surface area (Å²) >= 11 is 0. The van der Waals surface area contributed by atoms with E-state index in [1.807, 2.05) is 31.2 Å². The summed E-state index contributed by atoms with van der Waals surface area (Å²) in [5.74, 6) is 0.433. The van der Waals surface area contributed by atoms with Gasteiger partial charge in [-0.1, -0.05) is 12.7 Å². The van der Waals surface area contributed by atoms with Crippen LogP contribution in [-0.2, 0) is 4.79 Å². The molecule has 136 valence electrons. The van der Waals surface area contributed by atoms with Gasteiger partial charge in [-0.2, -0.15) is 0 Å². The summed E-state index contributed by atoms with van der Waals surface area (Å²) in [5.41, 5.74) is 2.01. The molecule has 0 atom stereocenters. The Morgan fingerprint density at radius 3 is 2.31 bits per heavy atom. The van der Waals surface area contributed by atoms with Crippen LogP contribution in [0.5, 0.6) is 5.75 Å². The van der Waals surface area contributed by atoms with Gasteiger partial charge >= 0.3 is 0 Å². The van der Waals surface area contributed by atoms with E-state index in [-0.39, 0.29) is 18.4 Å². The molecule has 0 aliphatic heterocycles. The van der Waals surface area contributed by atoms with E-state index in [2.05, 4.69) is 22.5 Å². The van der Waals surface area contributed by atoms with E-state index < -0.39 is 0 Å². The highest BCUT2D eigenvalue weighted by atomic mass is 16.5. The summed E-state index contributed by atoms with van der Waals surface area (Å²) in [6.07, 6.45) is 1.68. The lowest BCUT2D eigenvalue weighted by atomic mass is 10.2. The fraction of sp³-hybridized carbons (Fsp3) is 0.200. The highest BCUT2D eigenvalue weighted by Gasteiger charge is 2.06. The van der Waals surface area contributed by atoms with Crippen molar-refractivity contribution in [3.05, 3.63) is 66.7 Å². The summed E-state index contributed by atoms with van der Waals surface area (Å²) in [6.45, 7) is 6.62. The molecule has 6 nitrogen and oxygen atoms in total. The van der Waals surface area contributed by atoms with Crippen LogP contribution < -0.4 is 20.7 Å². The van der Waals surface area contributed by atoms with Gasteiger partial charge in [0.05, 0.1) is 6.54 Å². The van der Waals surface area contributed by atoms with Crippen LogP contribution in [0.3, 0.4) is 0 Å². The lowest BCUT2D eigenvalue weighted by Gasteiger charge is -2.09. The Hall–Kier alpha value is -3.28. The van der Waals surface area contributed by atoms with Gasteiger partial charge in [-0.3, -0.25) is 9.59 Å². The minimum atomic E-state index is -0.178. The van der Waals surface area contributed by atoms with Crippen LogP contribution in [-0.4, -0.2) is 31.5 Å². The standard InChI is InChI=1S/C20H23N3O3/c1-3-13-26-18-11-9-16(10-12-18)22-14-19(24)23-17-7-5-15(6-8-17)20(25)21-4-2/h3,5-12,22H,1,4,13-14H2,2H3,(H,21,25)(H,23,24). The monoisotopic (exact) mass is 353 g/mol. The minimum absolute atomic E-state index is 0.130. The Morgan fingerprint density at radius 1 is 1.04 bits per heavy atom. The molecule has 0 radical (unpaired) electrons. The van der Waals surface area contributed by atoms with E-state index >= 15 is 0 Å². The van der Waals surface area contributed by atoms with Gasteiger partial charge in [0.1, 0.15) is 12.4 Å². The van der Waals surface area contributed by atoms with Gasteiger partial charge in [0.25, 0.3) is 5.91 Å². The van der Waals surface area contributed by atoms with Crippen LogP contribution in [0.1, 0.15) is 17.3 Å². The van der Waals surface area contributed by atoms with E-state index in [0.29, 0.717) is 24.4 Å². The van der Waals surface area contributed by atoms with Crippen molar-refractivity contribution < 1.29 is 14.3 Å². The van der Waals surface area contributed by atoms with Gasteiger partial charge in [-0.15, -0.1) is 0 Å². The van der Waals surface area contributed by atoms with Crippen molar-refractivity contribution in [1.29, 1.82) is 0 Å². The molecule has 0 unspecified atom stereocenters. The van der Waals surface area contributed by atoms with Crippen LogP contribution in [0.2, 0.25) is 0 Å². The molecular formula is C20H23N3O3. The zero-order chi connectivity index (χ0) is 18.8.